The van der Waals surface area contributed by atoms with Crippen molar-refractivity contribution in [3.8, 4) is 11.8 Å². The molecule has 2 aliphatic rings. The largest absolute Gasteiger partial charge is 0.450 e. The van der Waals surface area contributed by atoms with Crippen LogP contribution in [0.4, 0.5) is 0 Å². The quantitative estimate of drug-likeness (QED) is 0.854. The summed E-state index contributed by atoms with van der Waals surface area (Å²) in [5.41, 5.74) is 1.01. The monoisotopic (exact) mass is 351 g/mol. The molecule has 7 nitrogen and oxygen atoms in total. The van der Waals surface area contributed by atoms with Gasteiger partial charge in [-0.05, 0) is 37.6 Å². The van der Waals surface area contributed by atoms with Gasteiger partial charge in [-0.15, -0.1) is 0 Å². The fraction of sp³-hybridized carbons (Fsp3) is 0.263. The first kappa shape index (κ1) is 16.3. The van der Waals surface area contributed by atoms with Crippen LogP contribution in [0, 0.1) is 0 Å². The number of hydrogen-bond donors (Lipinski definition) is 1. The van der Waals surface area contributed by atoms with Crippen molar-refractivity contribution in [2.75, 3.05) is 0 Å². The van der Waals surface area contributed by atoms with E-state index in [0.29, 0.717) is 17.0 Å². The van der Waals surface area contributed by atoms with Gasteiger partial charge in [-0.25, -0.2) is 14.8 Å². The van der Waals surface area contributed by atoms with Gasteiger partial charge in [0.25, 0.3) is 0 Å². The Morgan fingerprint density at radius 1 is 1.19 bits per heavy atom. The second kappa shape index (κ2) is 5.94. The summed E-state index contributed by atoms with van der Waals surface area (Å²) < 4.78 is 11.1. The number of aromatic nitrogens is 2. The third-order valence-electron chi connectivity index (χ3n) is 4.45. The highest BCUT2D eigenvalue weighted by Gasteiger charge is 2.47. The van der Waals surface area contributed by atoms with E-state index in [1.807, 2.05) is 12.1 Å². The molecule has 132 valence electrons. The number of cyclic esters (lactones) is 1. The van der Waals surface area contributed by atoms with Gasteiger partial charge in [0.05, 0.1) is 11.3 Å². The van der Waals surface area contributed by atoms with Crippen LogP contribution in [0.25, 0.3) is 0 Å². The van der Waals surface area contributed by atoms with Gasteiger partial charge in [-0.1, -0.05) is 12.1 Å². The summed E-state index contributed by atoms with van der Waals surface area (Å²) in [5.74, 6) is -0.383. The first-order valence-electron chi connectivity index (χ1n) is 8.27. The molecule has 1 unspecified atom stereocenters. The topological polar surface area (TPSA) is 90.4 Å². The van der Waals surface area contributed by atoms with Crippen molar-refractivity contribution in [1.82, 2.24) is 15.3 Å². The maximum atomic E-state index is 12.4. The number of carbonyl (C=O) groups excluding carboxylic acids is 2. The highest BCUT2D eigenvalue weighted by molar-refractivity contribution is 5.99. The van der Waals surface area contributed by atoms with Crippen molar-refractivity contribution in [1.29, 1.82) is 0 Å². The molecule has 26 heavy (non-hydrogen) atoms. The van der Waals surface area contributed by atoms with Crippen LogP contribution >= 0.6 is 0 Å². The molecule has 0 fully saturated rings. The van der Waals surface area contributed by atoms with Gasteiger partial charge >= 0.3 is 12.0 Å². The molecule has 7 heteroatoms. The van der Waals surface area contributed by atoms with E-state index in [0.717, 1.165) is 5.56 Å². The first-order chi connectivity index (χ1) is 12.4. The zero-order valence-corrected chi connectivity index (χ0v) is 14.4. The third-order valence-corrected chi connectivity index (χ3v) is 4.45. The summed E-state index contributed by atoms with van der Waals surface area (Å²) >= 11 is 0. The Balaban J connectivity index is 1.71. The molecule has 2 aliphatic heterocycles. The Bertz CT molecular complexity index is 921. The van der Waals surface area contributed by atoms with E-state index >= 15 is 0 Å². The molecule has 1 amide bonds. The molecule has 0 saturated carbocycles. The van der Waals surface area contributed by atoms with Gasteiger partial charge in [0.2, 0.25) is 5.91 Å². The van der Waals surface area contributed by atoms with Crippen molar-refractivity contribution >= 4 is 11.9 Å². The van der Waals surface area contributed by atoms with Crippen molar-refractivity contribution < 1.29 is 19.1 Å². The second-order valence-corrected chi connectivity index (χ2v) is 6.70. The summed E-state index contributed by atoms with van der Waals surface area (Å²) in [7, 11) is 0. The molecule has 1 aromatic heterocycles. The van der Waals surface area contributed by atoms with E-state index in [-0.39, 0.29) is 24.3 Å². The first-order valence-corrected chi connectivity index (χ1v) is 8.27. The van der Waals surface area contributed by atoms with Gasteiger partial charge in [-0.2, -0.15) is 0 Å². The molecule has 0 bridgehead atoms. The maximum Gasteiger partial charge on any atom is 0.337 e. The summed E-state index contributed by atoms with van der Waals surface area (Å²) in [4.78, 5) is 32.7. The van der Waals surface area contributed by atoms with Crippen molar-refractivity contribution in [2.45, 2.75) is 31.8 Å². The number of nitrogens with one attached hydrogen (secondary N) is 1. The molecule has 0 aliphatic carbocycles. The molecule has 1 N–H and O–H groups in total. The minimum absolute atomic E-state index is 0.141. The standard InChI is InChI=1S/C19H17N3O4/c1-19(2)16-15(17(24)26-19)13(10-14(23)22-16)11-5-3-6-12(9-11)25-18-20-7-4-8-21-18/h3-9,13H,10H2,1-2H3,(H,22,23). The zero-order chi connectivity index (χ0) is 18.3. The Hall–Kier alpha value is -3.22. The van der Waals surface area contributed by atoms with Crippen LogP contribution in [0.3, 0.4) is 0 Å². The predicted octanol–water partition coefficient (Wildman–Crippen LogP) is 2.46. The normalized spacial score (nSPS) is 21.1. The second-order valence-electron chi connectivity index (χ2n) is 6.70. The average molecular weight is 351 g/mol. The molecule has 4 rings (SSSR count). The lowest BCUT2D eigenvalue weighted by molar-refractivity contribution is -0.144. The number of hydrogen-bond acceptors (Lipinski definition) is 6. The molecule has 0 saturated heterocycles. The van der Waals surface area contributed by atoms with Crippen molar-refractivity contribution in [2.24, 2.45) is 0 Å². The molecule has 3 heterocycles. The van der Waals surface area contributed by atoms with Crippen LogP contribution in [0.5, 0.6) is 11.8 Å². The van der Waals surface area contributed by atoms with E-state index in [1.165, 1.54) is 0 Å². The number of esters is 1. The van der Waals surface area contributed by atoms with E-state index in [4.69, 9.17) is 9.47 Å². The van der Waals surface area contributed by atoms with Crippen LogP contribution in [-0.4, -0.2) is 27.4 Å². The van der Waals surface area contributed by atoms with Crippen molar-refractivity contribution in [3.05, 3.63) is 59.6 Å². The van der Waals surface area contributed by atoms with Crippen LogP contribution < -0.4 is 10.1 Å². The van der Waals surface area contributed by atoms with E-state index in [2.05, 4.69) is 15.3 Å². The lowest BCUT2D eigenvalue weighted by Gasteiger charge is -2.27. The molecular formula is C19H17N3O4. The molecule has 2 aromatic rings. The fourth-order valence-corrected chi connectivity index (χ4v) is 3.30. The van der Waals surface area contributed by atoms with Crippen LogP contribution in [0.15, 0.2) is 54.0 Å². The maximum absolute atomic E-state index is 12.4. The van der Waals surface area contributed by atoms with Crippen LogP contribution in [0.2, 0.25) is 0 Å². The van der Waals surface area contributed by atoms with E-state index in [9.17, 15) is 9.59 Å². The predicted molar refractivity (Wildman–Crippen MR) is 91.2 cm³/mol. The van der Waals surface area contributed by atoms with Crippen LogP contribution in [-0.2, 0) is 14.3 Å². The summed E-state index contributed by atoms with van der Waals surface area (Å²) in [5, 5.41) is 2.80. The third kappa shape index (κ3) is 2.81. The minimum Gasteiger partial charge on any atom is -0.450 e. The average Bonchev–Trinajstić information content (AvgIpc) is 2.84. The highest BCUT2D eigenvalue weighted by Crippen LogP contribution is 2.43. The molecule has 1 aromatic carbocycles. The fourth-order valence-electron chi connectivity index (χ4n) is 3.30. The van der Waals surface area contributed by atoms with Crippen LogP contribution in [0.1, 0.15) is 31.7 Å². The Morgan fingerprint density at radius 3 is 2.73 bits per heavy atom. The van der Waals surface area contributed by atoms with E-state index < -0.39 is 11.6 Å². The summed E-state index contributed by atoms with van der Waals surface area (Å²) in [6.07, 6.45) is 3.35. The molecule has 0 spiro atoms. The number of amides is 1. The molecule has 0 radical (unpaired) electrons. The smallest absolute Gasteiger partial charge is 0.337 e. The lowest BCUT2D eigenvalue weighted by atomic mass is 9.83. The Morgan fingerprint density at radius 2 is 1.96 bits per heavy atom. The number of ether oxygens (including phenoxy) is 2. The summed E-state index contributed by atoms with van der Waals surface area (Å²) in [6.45, 7) is 3.53. The number of nitrogens with zero attached hydrogens (tertiary/aromatic N) is 2. The number of benzene rings is 1. The molecule has 1 atom stereocenters. The number of rotatable bonds is 3. The van der Waals surface area contributed by atoms with Gasteiger partial charge < -0.3 is 14.8 Å². The van der Waals surface area contributed by atoms with Gasteiger partial charge in [0.15, 0.2) is 0 Å². The molecular weight excluding hydrogens is 334 g/mol. The number of carbonyl (C=O) groups is 2. The van der Waals surface area contributed by atoms with Gasteiger partial charge in [-0.3, -0.25) is 4.79 Å². The zero-order valence-electron chi connectivity index (χ0n) is 14.4. The van der Waals surface area contributed by atoms with E-state index in [1.54, 1.807) is 44.4 Å². The van der Waals surface area contributed by atoms with Gasteiger partial charge in [0.1, 0.15) is 11.4 Å². The SMILES string of the molecule is CC1(C)OC(=O)C2=C1NC(=O)CC2c1cccc(Oc2ncccn2)c1. The summed E-state index contributed by atoms with van der Waals surface area (Å²) in [6, 6.07) is 9.17. The minimum atomic E-state index is -0.841. The lowest BCUT2D eigenvalue weighted by Crippen LogP contribution is -2.38. The van der Waals surface area contributed by atoms with Crippen molar-refractivity contribution in [3.63, 3.8) is 0 Å². The highest BCUT2D eigenvalue weighted by atomic mass is 16.6. The Kier molecular flexibility index (Phi) is 3.72. The Labute approximate surface area is 150 Å². The van der Waals surface area contributed by atoms with Gasteiger partial charge in [0, 0.05) is 24.7 Å².